The van der Waals surface area contributed by atoms with Gasteiger partial charge in [0.2, 0.25) is 0 Å². The first-order valence-corrected chi connectivity index (χ1v) is 11.2. The smallest absolute Gasteiger partial charge is 0.287 e. The average Bonchev–Trinajstić information content (AvgIpc) is 2.78. The van der Waals surface area contributed by atoms with Gasteiger partial charge in [-0.3, -0.25) is 9.69 Å². The Morgan fingerprint density at radius 3 is 2.47 bits per heavy atom. The summed E-state index contributed by atoms with van der Waals surface area (Å²) in [6.45, 7) is 12.0. The molecule has 1 aromatic heterocycles. The first kappa shape index (κ1) is 22.5. The first-order chi connectivity index (χ1) is 14.6. The van der Waals surface area contributed by atoms with Crippen LogP contribution in [-0.2, 0) is 6.54 Å². The Morgan fingerprint density at radius 2 is 1.80 bits per heavy atom. The predicted octanol–water partition coefficient (Wildman–Crippen LogP) is 3.07. The highest BCUT2D eigenvalue weighted by molar-refractivity contribution is 6.33. The Labute approximate surface area is 184 Å². The van der Waals surface area contributed by atoms with Crippen molar-refractivity contribution in [1.82, 2.24) is 19.6 Å². The van der Waals surface area contributed by atoms with Gasteiger partial charge in [0.25, 0.3) is 5.56 Å². The maximum Gasteiger partial charge on any atom is 0.287 e. The number of hydrogen-bond donors (Lipinski definition) is 0. The first-order valence-electron chi connectivity index (χ1n) is 10.8. The van der Waals surface area contributed by atoms with Crippen molar-refractivity contribution in [1.29, 1.82) is 0 Å². The molecule has 30 heavy (non-hydrogen) atoms. The molecule has 0 atom stereocenters. The lowest BCUT2D eigenvalue weighted by molar-refractivity contribution is 0.281. The molecule has 0 spiro atoms. The van der Waals surface area contributed by atoms with E-state index < -0.39 is 0 Å². The fraction of sp³-hybridized carbons (Fsp3) is 0.478. The third-order valence-electron chi connectivity index (χ3n) is 5.68. The van der Waals surface area contributed by atoms with Crippen molar-refractivity contribution in [3.63, 3.8) is 0 Å². The van der Waals surface area contributed by atoms with Crippen molar-refractivity contribution in [2.24, 2.45) is 0 Å². The number of piperazine rings is 1. The van der Waals surface area contributed by atoms with E-state index in [1.165, 1.54) is 10.2 Å². The van der Waals surface area contributed by atoms with Crippen molar-refractivity contribution in [3.05, 3.63) is 63.5 Å². The van der Waals surface area contributed by atoms with E-state index >= 15 is 0 Å². The number of rotatable bonds is 9. The highest BCUT2D eigenvalue weighted by Crippen LogP contribution is 2.22. The third kappa shape index (κ3) is 5.94. The minimum Gasteiger partial charge on any atom is -0.366 e. The molecule has 0 unspecified atom stereocenters. The van der Waals surface area contributed by atoms with Crippen molar-refractivity contribution in [2.45, 2.75) is 20.4 Å². The minimum atomic E-state index is -0.199. The van der Waals surface area contributed by atoms with E-state index in [9.17, 15) is 4.79 Å². The van der Waals surface area contributed by atoms with E-state index in [1.54, 1.807) is 6.20 Å². The summed E-state index contributed by atoms with van der Waals surface area (Å²) in [6.07, 6.45) is 6.11. The molecule has 0 N–H and O–H groups in total. The van der Waals surface area contributed by atoms with Crippen LogP contribution >= 0.6 is 11.6 Å². The normalized spacial score (nSPS) is 15.4. The minimum absolute atomic E-state index is 0.199. The maximum atomic E-state index is 12.7. The lowest BCUT2D eigenvalue weighted by atomic mass is 10.2. The zero-order valence-corrected chi connectivity index (χ0v) is 18.8. The summed E-state index contributed by atoms with van der Waals surface area (Å²) in [5.74, 6) is 0. The van der Waals surface area contributed by atoms with Gasteiger partial charge in [0.1, 0.15) is 5.02 Å². The van der Waals surface area contributed by atoms with E-state index in [0.29, 0.717) is 6.54 Å². The zero-order chi connectivity index (χ0) is 21.3. The second-order valence-electron chi connectivity index (χ2n) is 7.50. The topological polar surface area (TPSA) is 44.6 Å². The predicted molar refractivity (Wildman–Crippen MR) is 125 cm³/mol. The molecular weight excluding hydrogens is 398 g/mol. The molecule has 2 heterocycles. The summed E-state index contributed by atoms with van der Waals surface area (Å²) in [5, 5.41) is 4.66. The second-order valence-corrected chi connectivity index (χ2v) is 7.88. The maximum absolute atomic E-state index is 12.7. The molecule has 2 aromatic rings. The van der Waals surface area contributed by atoms with Gasteiger partial charge in [-0.2, -0.15) is 5.10 Å². The number of hydrogen-bond acceptors (Lipinski definition) is 5. The molecule has 0 bridgehead atoms. The molecule has 0 saturated carbocycles. The summed E-state index contributed by atoms with van der Waals surface area (Å²) >= 11 is 6.45. The van der Waals surface area contributed by atoms with Gasteiger partial charge in [0, 0.05) is 39.3 Å². The van der Waals surface area contributed by atoms with Gasteiger partial charge < -0.3 is 9.80 Å². The van der Waals surface area contributed by atoms with Crippen LogP contribution in [0.25, 0.3) is 6.08 Å². The lowest BCUT2D eigenvalue weighted by Crippen LogP contribution is -2.47. The van der Waals surface area contributed by atoms with Crippen LogP contribution in [0.4, 0.5) is 5.69 Å². The van der Waals surface area contributed by atoms with Gasteiger partial charge in [-0.25, -0.2) is 4.68 Å². The highest BCUT2D eigenvalue weighted by atomic mass is 35.5. The quantitative estimate of drug-likeness (QED) is 0.613. The van der Waals surface area contributed by atoms with E-state index in [2.05, 4.69) is 57.9 Å². The molecule has 1 aromatic carbocycles. The van der Waals surface area contributed by atoms with Crippen LogP contribution in [0.15, 0.2) is 47.4 Å². The van der Waals surface area contributed by atoms with Gasteiger partial charge in [-0.1, -0.05) is 67.9 Å². The van der Waals surface area contributed by atoms with Crippen molar-refractivity contribution >= 4 is 23.4 Å². The van der Waals surface area contributed by atoms with Crippen LogP contribution in [-0.4, -0.2) is 71.9 Å². The van der Waals surface area contributed by atoms with Gasteiger partial charge in [-0.05, 0) is 18.7 Å². The molecule has 0 radical (unpaired) electrons. The molecular formula is C23H32ClN5O. The fourth-order valence-corrected chi connectivity index (χ4v) is 3.95. The number of likely N-dealkylation sites (N-methyl/N-ethyl adjacent to an activating group) is 1. The van der Waals surface area contributed by atoms with E-state index in [0.717, 1.165) is 58.0 Å². The zero-order valence-electron chi connectivity index (χ0n) is 18.0. The number of halogens is 1. The Hall–Kier alpha value is -2.15. The SMILES string of the molecule is CCN(CC)CCn1ncc(N2CCN(C/C=C/c3ccccc3)CC2)c(Cl)c1=O. The van der Waals surface area contributed by atoms with E-state index in [1.807, 2.05) is 18.2 Å². The van der Waals surface area contributed by atoms with Crippen molar-refractivity contribution < 1.29 is 0 Å². The number of nitrogens with zero attached hydrogens (tertiary/aromatic N) is 5. The Kier molecular flexibility index (Phi) is 8.49. The van der Waals surface area contributed by atoms with Crippen LogP contribution in [0.2, 0.25) is 5.02 Å². The number of aromatic nitrogens is 2. The standard InChI is InChI=1S/C23H32ClN5O/c1-3-26(4-2)15-18-29-23(30)22(24)21(19-25-29)28-16-13-27(14-17-28)12-8-11-20-9-6-5-7-10-20/h5-11,19H,3-4,12-18H2,1-2H3/b11-8+. The molecule has 0 aliphatic carbocycles. The summed E-state index contributed by atoms with van der Waals surface area (Å²) in [6, 6.07) is 10.3. The molecule has 1 fully saturated rings. The summed E-state index contributed by atoms with van der Waals surface area (Å²) in [5.41, 5.74) is 1.77. The molecule has 1 aliphatic heterocycles. The van der Waals surface area contributed by atoms with Crippen molar-refractivity contribution in [3.8, 4) is 0 Å². The average molecular weight is 430 g/mol. The second kappa shape index (κ2) is 11.3. The monoisotopic (exact) mass is 429 g/mol. The number of benzene rings is 1. The van der Waals surface area contributed by atoms with Gasteiger partial charge in [0.05, 0.1) is 18.4 Å². The highest BCUT2D eigenvalue weighted by Gasteiger charge is 2.20. The largest absolute Gasteiger partial charge is 0.366 e. The van der Waals surface area contributed by atoms with E-state index in [-0.39, 0.29) is 10.6 Å². The van der Waals surface area contributed by atoms with Gasteiger partial charge >= 0.3 is 0 Å². The Balaban J connectivity index is 1.54. The molecule has 6 nitrogen and oxygen atoms in total. The summed E-state index contributed by atoms with van der Waals surface area (Å²) in [7, 11) is 0. The summed E-state index contributed by atoms with van der Waals surface area (Å²) < 4.78 is 1.48. The third-order valence-corrected chi connectivity index (χ3v) is 6.03. The Bertz CT molecular complexity index is 871. The van der Waals surface area contributed by atoms with Gasteiger partial charge in [-0.15, -0.1) is 0 Å². The molecule has 0 amide bonds. The Morgan fingerprint density at radius 1 is 1.10 bits per heavy atom. The fourth-order valence-electron chi connectivity index (χ4n) is 3.69. The molecule has 7 heteroatoms. The summed E-state index contributed by atoms with van der Waals surface area (Å²) in [4.78, 5) is 19.5. The van der Waals surface area contributed by atoms with E-state index in [4.69, 9.17) is 11.6 Å². The van der Waals surface area contributed by atoms with Gasteiger partial charge in [0.15, 0.2) is 0 Å². The van der Waals surface area contributed by atoms with Crippen LogP contribution in [0.3, 0.4) is 0 Å². The van der Waals surface area contributed by atoms with Crippen LogP contribution < -0.4 is 10.5 Å². The van der Waals surface area contributed by atoms with Crippen LogP contribution in [0.5, 0.6) is 0 Å². The molecule has 1 aliphatic rings. The molecule has 162 valence electrons. The molecule has 1 saturated heterocycles. The molecule has 3 rings (SSSR count). The lowest BCUT2D eigenvalue weighted by Gasteiger charge is -2.35. The van der Waals surface area contributed by atoms with Crippen molar-refractivity contribution in [2.75, 3.05) is 57.3 Å². The number of anilines is 1. The van der Waals surface area contributed by atoms with Crippen LogP contribution in [0.1, 0.15) is 19.4 Å². The van der Waals surface area contributed by atoms with Crippen LogP contribution in [0, 0.1) is 0 Å².